The molecule has 2 heterocycles. The van der Waals surface area contributed by atoms with Crippen LogP contribution in [0.4, 0.5) is 0 Å². The van der Waals surface area contributed by atoms with Crippen LogP contribution >= 0.6 is 0 Å². The zero-order valence-electron chi connectivity index (χ0n) is 14.5. The summed E-state index contributed by atoms with van der Waals surface area (Å²) in [5.41, 5.74) is 1.58. The minimum absolute atomic E-state index is 0.200. The number of para-hydroxylation sites is 1. The summed E-state index contributed by atoms with van der Waals surface area (Å²) in [6.45, 7) is -0.0154. The first-order valence-corrected chi connectivity index (χ1v) is 8.71. The predicted octanol–water partition coefficient (Wildman–Crippen LogP) is 1.73. The standard InChI is InChI=1S/C20H18N2O5/c23-11-13-7-6-12-10-22(15-8-9-16(24)21-19(15)25)20(26)17(12)18(13)27-14-4-2-1-3-5-14/h1-7,15,23H,8-11H2,(H,21,24,25). The van der Waals surface area contributed by atoms with Crippen molar-refractivity contribution < 1.29 is 24.2 Å². The van der Waals surface area contributed by atoms with Crippen molar-refractivity contribution in [3.63, 3.8) is 0 Å². The van der Waals surface area contributed by atoms with Crippen LogP contribution in [0.5, 0.6) is 11.5 Å². The molecule has 7 nitrogen and oxygen atoms in total. The molecular formula is C20H18N2O5. The van der Waals surface area contributed by atoms with Crippen molar-refractivity contribution in [2.45, 2.75) is 32.0 Å². The van der Waals surface area contributed by atoms with E-state index in [4.69, 9.17) is 4.74 Å². The van der Waals surface area contributed by atoms with Crippen LogP contribution in [-0.2, 0) is 22.7 Å². The molecule has 1 unspecified atom stereocenters. The van der Waals surface area contributed by atoms with Gasteiger partial charge in [0, 0.05) is 18.5 Å². The molecule has 7 heteroatoms. The van der Waals surface area contributed by atoms with Gasteiger partial charge in [-0.15, -0.1) is 0 Å². The van der Waals surface area contributed by atoms with Gasteiger partial charge in [0.05, 0.1) is 12.2 Å². The van der Waals surface area contributed by atoms with Gasteiger partial charge in [-0.3, -0.25) is 19.7 Å². The average molecular weight is 366 g/mol. The molecule has 0 aromatic heterocycles. The lowest BCUT2D eigenvalue weighted by Gasteiger charge is -2.29. The molecule has 27 heavy (non-hydrogen) atoms. The number of ether oxygens (including phenoxy) is 1. The van der Waals surface area contributed by atoms with E-state index in [9.17, 15) is 19.5 Å². The van der Waals surface area contributed by atoms with E-state index < -0.39 is 11.9 Å². The quantitative estimate of drug-likeness (QED) is 0.804. The summed E-state index contributed by atoms with van der Waals surface area (Å²) in [6, 6.07) is 11.8. The van der Waals surface area contributed by atoms with Gasteiger partial charge >= 0.3 is 0 Å². The second-order valence-corrected chi connectivity index (χ2v) is 6.56. The fourth-order valence-electron chi connectivity index (χ4n) is 3.51. The molecule has 3 amide bonds. The number of benzene rings is 2. The van der Waals surface area contributed by atoms with E-state index in [0.717, 1.165) is 5.56 Å². The maximum Gasteiger partial charge on any atom is 0.258 e. The summed E-state index contributed by atoms with van der Waals surface area (Å²) in [5.74, 6) is -0.258. The van der Waals surface area contributed by atoms with Gasteiger partial charge in [-0.2, -0.15) is 0 Å². The number of nitrogens with zero attached hydrogens (tertiary/aromatic N) is 1. The molecule has 0 radical (unpaired) electrons. The minimum Gasteiger partial charge on any atom is -0.456 e. The van der Waals surface area contributed by atoms with E-state index in [1.807, 2.05) is 18.2 Å². The van der Waals surface area contributed by atoms with Crippen molar-refractivity contribution in [1.29, 1.82) is 0 Å². The van der Waals surface area contributed by atoms with E-state index in [-0.39, 0.29) is 31.4 Å². The Morgan fingerprint density at radius 1 is 1.11 bits per heavy atom. The van der Waals surface area contributed by atoms with Crippen LogP contribution in [0, 0.1) is 0 Å². The maximum atomic E-state index is 13.1. The first-order valence-electron chi connectivity index (χ1n) is 8.71. The minimum atomic E-state index is -0.690. The Bertz CT molecular complexity index is 925. The largest absolute Gasteiger partial charge is 0.456 e. The number of carbonyl (C=O) groups excluding carboxylic acids is 3. The highest BCUT2D eigenvalue weighted by atomic mass is 16.5. The van der Waals surface area contributed by atoms with Crippen LogP contribution in [0.1, 0.15) is 34.3 Å². The number of hydrogen-bond donors (Lipinski definition) is 2. The highest BCUT2D eigenvalue weighted by molar-refractivity contribution is 6.06. The molecule has 0 spiro atoms. The Labute approximate surface area is 155 Å². The SMILES string of the molecule is O=C1CCC(N2Cc3ccc(CO)c(Oc4ccccc4)c3C2=O)C(=O)N1. The molecule has 1 fully saturated rings. The summed E-state index contributed by atoms with van der Waals surface area (Å²) in [5, 5.41) is 12.0. The van der Waals surface area contributed by atoms with Gasteiger partial charge in [-0.25, -0.2) is 0 Å². The zero-order chi connectivity index (χ0) is 19.0. The second kappa shape index (κ2) is 6.85. The summed E-state index contributed by atoms with van der Waals surface area (Å²) in [7, 11) is 0. The number of hydrogen-bond acceptors (Lipinski definition) is 5. The third-order valence-corrected chi connectivity index (χ3v) is 4.86. The van der Waals surface area contributed by atoms with Gasteiger partial charge in [0.15, 0.2) is 0 Å². The van der Waals surface area contributed by atoms with E-state index >= 15 is 0 Å². The maximum absolute atomic E-state index is 13.1. The third-order valence-electron chi connectivity index (χ3n) is 4.86. The number of aliphatic hydroxyl groups excluding tert-OH is 1. The zero-order valence-corrected chi connectivity index (χ0v) is 14.5. The van der Waals surface area contributed by atoms with Gasteiger partial charge < -0.3 is 14.7 Å². The lowest BCUT2D eigenvalue weighted by atomic mass is 10.0. The number of fused-ring (bicyclic) bond motifs is 1. The number of piperidine rings is 1. The molecule has 2 N–H and O–H groups in total. The van der Waals surface area contributed by atoms with Crippen molar-refractivity contribution in [2.75, 3.05) is 0 Å². The molecule has 2 aliphatic heterocycles. The third kappa shape index (κ3) is 3.06. The monoisotopic (exact) mass is 366 g/mol. The Hall–Kier alpha value is -3.19. The molecule has 2 aromatic rings. The normalized spacial score (nSPS) is 19.1. The van der Waals surface area contributed by atoms with Crippen LogP contribution in [-0.4, -0.2) is 33.8 Å². The van der Waals surface area contributed by atoms with Gasteiger partial charge in [0.25, 0.3) is 5.91 Å². The number of rotatable bonds is 4. The highest BCUT2D eigenvalue weighted by Gasteiger charge is 2.41. The van der Waals surface area contributed by atoms with E-state index in [1.54, 1.807) is 24.3 Å². The lowest BCUT2D eigenvalue weighted by molar-refractivity contribution is -0.136. The highest BCUT2D eigenvalue weighted by Crippen LogP contribution is 2.38. The molecule has 0 saturated carbocycles. The van der Waals surface area contributed by atoms with Crippen LogP contribution < -0.4 is 10.1 Å². The van der Waals surface area contributed by atoms with Crippen molar-refractivity contribution in [3.8, 4) is 11.5 Å². The van der Waals surface area contributed by atoms with Crippen LogP contribution in [0.2, 0.25) is 0 Å². The molecule has 1 atom stereocenters. The molecule has 138 valence electrons. The van der Waals surface area contributed by atoms with E-state index in [0.29, 0.717) is 29.0 Å². The van der Waals surface area contributed by atoms with Crippen LogP contribution in [0.25, 0.3) is 0 Å². The van der Waals surface area contributed by atoms with Gasteiger partial charge in [-0.1, -0.05) is 30.3 Å². The van der Waals surface area contributed by atoms with Crippen LogP contribution in [0.3, 0.4) is 0 Å². The molecule has 2 aliphatic rings. The predicted molar refractivity (Wildman–Crippen MR) is 94.9 cm³/mol. The molecular weight excluding hydrogens is 348 g/mol. The number of nitrogens with one attached hydrogen (secondary N) is 1. The van der Waals surface area contributed by atoms with E-state index in [2.05, 4.69) is 5.32 Å². The number of aliphatic hydroxyl groups is 1. The first kappa shape index (κ1) is 17.2. The molecule has 0 bridgehead atoms. The number of carbonyl (C=O) groups is 3. The molecule has 2 aromatic carbocycles. The Morgan fingerprint density at radius 2 is 1.89 bits per heavy atom. The summed E-state index contributed by atoms with van der Waals surface area (Å²) < 4.78 is 5.93. The van der Waals surface area contributed by atoms with Crippen molar-refractivity contribution in [2.24, 2.45) is 0 Å². The second-order valence-electron chi connectivity index (χ2n) is 6.56. The molecule has 1 saturated heterocycles. The Morgan fingerprint density at radius 3 is 2.59 bits per heavy atom. The smallest absolute Gasteiger partial charge is 0.258 e. The summed E-state index contributed by atoms with van der Waals surface area (Å²) >= 11 is 0. The van der Waals surface area contributed by atoms with Gasteiger partial charge in [0.2, 0.25) is 11.8 Å². The number of amides is 3. The topological polar surface area (TPSA) is 95.9 Å². The Kier molecular flexibility index (Phi) is 4.37. The Balaban J connectivity index is 1.70. The van der Waals surface area contributed by atoms with Crippen molar-refractivity contribution in [3.05, 3.63) is 59.2 Å². The van der Waals surface area contributed by atoms with Crippen molar-refractivity contribution >= 4 is 17.7 Å². The summed E-state index contributed by atoms with van der Waals surface area (Å²) in [4.78, 5) is 38.1. The van der Waals surface area contributed by atoms with E-state index in [1.165, 1.54) is 4.90 Å². The summed E-state index contributed by atoms with van der Waals surface area (Å²) in [6.07, 6.45) is 0.498. The first-order chi connectivity index (χ1) is 13.1. The fraction of sp³-hybridized carbons (Fsp3) is 0.250. The fourth-order valence-corrected chi connectivity index (χ4v) is 3.51. The van der Waals surface area contributed by atoms with Crippen molar-refractivity contribution in [1.82, 2.24) is 10.2 Å². The van der Waals surface area contributed by atoms with Gasteiger partial charge in [0.1, 0.15) is 17.5 Å². The van der Waals surface area contributed by atoms with Crippen LogP contribution in [0.15, 0.2) is 42.5 Å². The lowest BCUT2D eigenvalue weighted by Crippen LogP contribution is -2.52. The van der Waals surface area contributed by atoms with Gasteiger partial charge in [-0.05, 0) is 24.1 Å². The molecule has 0 aliphatic carbocycles. The number of imide groups is 1. The average Bonchev–Trinajstić information content (AvgIpc) is 3.00. The molecule has 4 rings (SSSR count).